The maximum absolute atomic E-state index is 13.8. The molecule has 0 unspecified atom stereocenters. The molecule has 2 aliphatic rings. The molecule has 1 aromatic carbocycles. The molecule has 1 aromatic heterocycles. The minimum atomic E-state index is -0.408. The Hall–Kier alpha value is -3.20. The summed E-state index contributed by atoms with van der Waals surface area (Å²) in [6, 6.07) is 6.39. The lowest BCUT2D eigenvalue weighted by atomic mass is 10.1. The van der Waals surface area contributed by atoms with Crippen LogP contribution in [0.3, 0.4) is 0 Å². The minimum Gasteiger partial charge on any atom is -0.439 e. The third kappa shape index (κ3) is 3.82. The molecule has 0 radical (unpaired) electrons. The second kappa shape index (κ2) is 7.58. The van der Waals surface area contributed by atoms with Crippen LogP contribution in [-0.4, -0.2) is 17.7 Å². The number of aliphatic imine (C=N–C) groups is 1. The van der Waals surface area contributed by atoms with Gasteiger partial charge in [-0.3, -0.25) is 4.99 Å². The molecule has 0 fully saturated rings. The highest BCUT2D eigenvalue weighted by Crippen LogP contribution is 2.28. The van der Waals surface area contributed by atoms with Gasteiger partial charge in [0, 0.05) is 24.9 Å². The molecule has 2 aliphatic heterocycles. The molecule has 136 valence electrons. The summed E-state index contributed by atoms with van der Waals surface area (Å²) in [7, 11) is 0. The lowest BCUT2D eigenvalue weighted by Crippen LogP contribution is -2.30. The average Bonchev–Trinajstić information content (AvgIpc) is 3.15. The molecule has 5 nitrogen and oxygen atoms in total. The Morgan fingerprint density at radius 3 is 3.04 bits per heavy atom. The Labute approximate surface area is 157 Å². The van der Waals surface area contributed by atoms with E-state index in [0.29, 0.717) is 36.7 Å². The van der Waals surface area contributed by atoms with Gasteiger partial charge in [-0.2, -0.15) is 5.26 Å². The van der Waals surface area contributed by atoms with Crippen molar-refractivity contribution >= 4 is 17.6 Å². The predicted molar refractivity (Wildman–Crippen MR) is 102 cm³/mol. The van der Waals surface area contributed by atoms with E-state index >= 15 is 0 Å². The first-order valence-electron chi connectivity index (χ1n) is 9.07. The van der Waals surface area contributed by atoms with Crippen LogP contribution < -0.4 is 4.90 Å². The molecule has 0 atom stereocenters. The van der Waals surface area contributed by atoms with Crippen LogP contribution in [0.1, 0.15) is 42.2 Å². The SMILES string of the molecule is N#Cc1cc(F)cc(N2CCc3oc(C4=CCCCC=CC=N4)nc3C2)c1. The van der Waals surface area contributed by atoms with Gasteiger partial charge in [0.2, 0.25) is 5.89 Å². The number of fused-ring (bicyclic) bond motifs is 1. The zero-order valence-electron chi connectivity index (χ0n) is 14.9. The summed E-state index contributed by atoms with van der Waals surface area (Å²) in [6.45, 7) is 1.20. The van der Waals surface area contributed by atoms with Crippen LogP contribution in [0.15, 0.2) is 45.8 Å². The molecule has 2 aromatic rings. The summed E-state index contributed by atoms with van der Waals surface area (Å²) in [5.41, 5.74) is 2.59. The van der Waals surface area contributed by atoms with Gasteiger partial charge in [0.15, 0.2) is 0 Å². The van der Waals surface area contributed by atoms with E-state index in [4.69, 9.17) is 9.68 Å². The number of oxazole rings is 1. The Kier molecular flexibility index (Phi) is 4.84. The van der Waals surface area contributed by atoms with Crippen molar-refractivity contribution in [3.05, 3.63) is 65.2 Å². The predicted octanol–water partition coefficient (Wildman–Crippen LogP) is 4.40. The fourth-order valence-electron chi connectivity index (χ4n) is 3.30. The maximum Gasteiger partial charge on any atom is 0.245 e. The zero-order valence-corrected chi connectivity index (χ0v) is 14.9. The van der Waals surface area contributed by atoms with Crippen LogP contribution in [0.25, 0.3) is 5.70 Å². The molecule has 27 heavy (non-hydrogen) atoms. The van der Waals surface area contributed by atoms with Gasteiger partial charge in [0.05, 0.1) is 18.2 Å². The smallest absolute Gasteiger partial charge is 0.245 e. The molecule has 3 heterocycles. The molecule has 0 aliphatic carbocycles. The van der Waals surface area contributed by atoms with Crippen LogP contribution in [0.2, 0.25) is 0 Å². The highest BCUT2D eigenvalue weighted by atomic mass is 19.1. The van der Waals surface area contributed by atoms with E-state index in [9.17, 15) is 4.39 Å². The molecule has 0 amide bonds. The van der Waals surface area contributed by atoms with Gasteiger partial charge in [-0.05, 0) is 43.5 Å². The topological polar surface area (TPSA) is 65.4 Å². The Balaban J connectivity index is 1.59. The first-order valence-corrected chi connectivity index (χ1v) is 9.07. The Bertz CT molecular complexity index is 981. The molecular weight excluding hydrogens is 343 g/mol. The third-order valence-electron chi connectivity index (χ3n) is 4.67. The number of anilines is 1. The largest absolute Gasteiger partial charge is 0.439 e. The van der Waals surface area contributed by atoms with Crippen LogP contribution in [0.4, 0.5) is 10.1 Å². The maximum atomic E-state index is 13.8. The summed E-state index contributed by atoms with van der Waals surface area (Å²) in [5.74, 6) is 0.976. The third-order valence-corrected chi connectivity index (χ3v) is 4.67. The summed E-state index contributed by atoms with van der Waals surface area (Å²) in [5, 5.41) is 9.07. The number of rotatable bonds is 2. The van der Waals surface area contributed by atoms with Crippen LogP contribution >= 0.6 is 0 Å². The van der Waals surface area contributed by atoms with Crippen LogP contribution in [-0.2, 0) is 13.0 Å². The van der Waals surface area contributed by atoms with Gasteiger partial charge in [-0.1, -0.05) is 12.2 Å². The molecule has 4 rings (SSSR count). The number of nitrogens with zero attached hydrogens (tertiary/aromatic N) is 4. The number of aromatic nitrogens is 1. The van der Waals surface area contributed by atoms with Gasteiger partial charge in [-0.25, -0.2) is 9.37 Å². The first-order chi connectivity index (χ1) is 13.2. The van der Waals surface area contributed by atoms with Crippen molar-refractivity contribution in [1.29, 1.82) is 5.26 Å². The first kappa shape index (κ1) is 17.2. The van der Waals surface area contributed by atoms with E-state index in [0.717, 1.165) is 36.4 Å². The molecule has 0 N–H and O–H groups in total. The molecule has 0 saturated carbocycles. The number of allylic oxidation sites excluding steroid dienone is 3. The van der Waals surface area contributed by atoms with E-state index in [1.165, 1.54) is 12.1 Å². The van der Waals surface area contributed by atoms with Crippen molar-refractivity contribution in [1.82, 2.24) is 4.98 Å². The van der Waals surface area contributed by atoms with Gasteiger partial charge in [0.1, 0.15) is 23.0 Å². The fraction of sp³-hybridized carbons (Fsp3) is 0.286. The van der Waals surface area contributed by atoms with E-state index in [-0.39, 0.29) is 0 Å². The fourth-order valence-corrected chi connectivity index (χ4v) is 3.30. The Morgan fingerprint density at radius 1 is 1.22 bits per heavy atom. The monoisotopic (exact) mass is 362 g/mol. The highest BCUT2D eigenvalue weighted by Gasteiger charge is 2.24. The number of halogens is 1. The van der Waals surface area contributed by atoms with Crippen molar-refractivity contribution in [3.8, 4) is 6.07 Å². The Morgan fingerprint density at radius 2 is 2.15 bits per heavy atom. The number of nitriles is 1. The van der Waals surface area contributed by atoms with E-state index in [1.807, 2.05) is 17.0 Å². The molecule has 0 saturated heterocycles. The van der Waals surface area contributed by atoms with E-state index < -0.39 is 5.82 Å². The lowest BCUT2D eigenvalue weighted by Gasteiger charge is -2.27. The van der Waals surface area contributed by atoms with E-state index in [2.05, 4.69) is 22.1 Å². The standard InChI is InChI=1S/C21H19FN4O/c22-16-10-15(13-23)11-17(12-16)26-9-7-20-19(14-26)25-21(27-20)18-6-4-2-1-3-5-8-24-18/h3,5-6,8,10-12H,1-2,4,7,9,14H2. The minimum absolute atomic E-state index is 0.315. The highest BCUT2D eigenvalue weighted by molar-refractivity contribution is 5.78. The van der Waals surface area contributed by atoms with Gasteiger partial charge >= 0.3 is 0 Å². The van der Waals surface area contributed by atoms with Crippen molar-refractivity contribution in [2.75, 3.05) is 11.4 Å². The number of hydrogen-bond donors (Lipinski definition) is 0. The molecule has 0 bridgehead atoms. The molecular formula is C21H19FN4O. The quantitative estimate of drug-likeness (QED) is 0.794. The van der Waals surface area contributed by atoms with Gasteiger partial charge in [-0.15, -0.1) is 0 Å². The summed E-state index contributed by atoms with van der Waals surface area (Å²) in [6.07, 6.45) is 11.6. The van der Waals surface area contributed by atoms with Crippen molar-refractivity contribution < 1.29 is 8.81 Å². The van der Waals surface area contributed by atoms with Crippen molar-refractivity contribution in [3.63, 3.8) is 0 Å². The van der Waals surface area contributed by atoms with Gasteiger partial charge < -0.3 is 9.32 Å². The summed E-state index contributed by atoms with van der Waals surface area (Å²) >= 11 is 0. The zero-order chi connectivity index (χ0) is 18.6. The van der Waals surface area contributed by atoms with Crippen LogP contribution in [0, 0.1) is 17.1 Å². The van der Waals surface area contributed by atoms with Crippen molar-refractivity contribution in [2.45, 2.75) is 32.2 Å². The van der Waals surface area contributed by atoms with Gasteiger partial charge in [0.25, 0.3) is 0 Å². The second-order valence-corrected chi connectivity index (χ2v) is 6.60. The normalized spacial score (nSPS) is 16.7. The number of hydrogen-bond acceptors (Lipinski definition) is 5. The second-order valence-electron chi connectivity index (χ2n) is 6.60. The van der Waals surface area contributed by atoms with Crippen LogP contribution in [0.5, 0.6) is 0 Å². The average molecular weight is 362 g/mol. The summed E-state index contributed by atoms with van der Waals surface area (Å²) in [4.78, 5) is 11.1. The lowest BCUT2D eigenvalue weighted by molar-refractivity contribution is 0.477. The summed E-state index contributed by atoms with van der Waals surface area (Å²) < 4.78 is 19.7. The molecule has 0 spiro atoms. The van der Waals surface area contributed by atoms with E-state index in [1.54, 1.807) is 12.3 Å². The van der Waals surface area contributed by atoms with Crippen molar-refractivity contribution in [2.24, 2.45) is 4.99 Å². The number of benzene rings is 1. The molecule has 6 heteroatoms.